The van der Waals surface area contributed by atoms with Crippen LogP contribution in [-0.2, 0) is 5.41 Å². The summed E-state index contributed by atoms with van der Waals surface area (Å²) in [5.74, 6) is 0.421. The lowest BCUT2D eigenvalue weighted by Gasteiger charge is -2.20. The maximum Gasteiger partial charge on any atom is 0.179 e. The minimum Gasteiger partial charge on any atom is -0.504 e. The van der Waals surface area contributed by atoms with Crippen LogP contribution in [0.25, 0.3) is 0 Å². The van der Waals surface area contributed by atoms with Gasteiger partial charge in [-0.1, -0.05) is 32.4 Å². The van der Waals surface area contributed by atoms with Crippen LogP contribution in [0.2, 0.25) is 5.02 Å². The van der Waals surface area contributed by atoms with E-state index in [1.54, 1.807) is 6.07 Å². The predicted molar refractivity (Wildman–Crippen MR) is 58.4 cm³/mol. The average Bonchev–Trinajstić information content (AvgIpc) is 2.01. The van der Waals surface area contributed by atoms with Crippen LogP contribution in [0, 0.1) is 0 Å². The predicted octanol–water partition coefficient (Wildman–Crippen LogP) is 3.35. The molecule has 0 radical (unpaired) electrons. The summed E-state index contributed by atoms with van der Waals surface area (Å²) in [5.41, 5.74) is 0.953. The van der Waals surface area contributed by atoms with Crippen molar-refractivity contribution in [2.75, 3.05) is 7.11 Å². The molecule has 0 atom stereocenters. The first kappa shape index (κ1) is 11.2. The molecule has 0 unspecified atom stereocenters. The third kappa shape index (κ3) is 2.13. The summed E-state index contributed by atoms with van der Waals surface area (Å²) in [5, 5.41) is 10.1. The topological polar surface area (TPSA) is 29.5 Å². The van der Waals surface area contributed by atoms with Crippen molar-refractivity contribution in [1.82, 2.24) is 0 Å². The first-order chi connectivity index (χ1) is 6.36. The molecule has 0 spiro atoms. The van der Waals surface area contributed by atoms with Gasteiger partial charge in [0.25, 0.3) is 0 Å². The Morgan fingerprint density at radius 1 is 1.29 bits per heavy atom. The normalized spacial score (nSPS) is 11.5. The number of phenolic OH excluding ortho intramolecular Hbond substituents is 1. The zero-order valence-electron chi connectivity index (χ0n) is 8.89. The summed E-state index contributed by atoms with van der Waals surface area (Å²) in [7, 11) is 1.48. The largest absolute Gasteiger partial charge is 0.504 e. The highest BCUT2D eigenvalue weighted by atomic mass is 35.5. The van der Waals surface area contributed by atoms with E-state index in [9.17, 15) is 5.11 Å². The number of methoxy groups -OCH3 is 1. The van der Waals surface area contributed by atoms with Crippen LogP contribution in [0.5, 0.6) is 11.5 Å². The van der Waals surface area contributed by atoms with Gasteiger partial charge in [0.1, 0.15) is 0 Å². The fourth-order valence-electron chi connectivity index (χ4n) is 1.21. The number of halogens is 1. The van der Waals surface area contributed by atoms with Crippen LogP contribution in [0.3, 0.4) is 0 Å². The lowest BCUT2D eigenvalue weighted by atomic mass is 9.87. The summed E-state index contributed by atoms with van der Waals surface area (Å²) in [6.07, 6.45) is 0. The smallest absolute Gasteiger partial charge is 0.179 e. The number of hydrogen-bond acceptors (Lipinski definition) is 2. The van der Waals surface area contributed by atoms with Gasteiger partial charge >= 0.3 is 0 Å². The number of aromatic hydroxyl groups is 1. The Kier molecular flexibility index (Phi) is 2.95. The third-order valence-corrected chi connectivity index (χ3v) is 2.37. The second kappa shape index (κ2) is 3.70. The molecule has 0 aliphatic carbocycles. The quantitative estimate of drug-likeness (QED) is 0.777. The van der Waals surface area contributed by atoms with Crippen molar-refractivity contribution in [2.45, 2.75) is 26.2 Å². The second-order valence-electron chi connectivity index (χ2n) is 4.26. The Labute approximate surface area is 89.5 Å². The molecule has 78 valence electrons. The maximum absolute atomic E-state index is 9.63. The number of phenols is 1. The number of benzene rings is 1. The molecular formula is C11H15ClO2. The Hall–Kier alpha value is -0.890. The zero-order valence-corrected chi connectivity index (χ0v) is 9.64. The monoisotopic (exact) mass is 214 g/mol. The van der Waals surface area contributed by atoms with E-state index in [0.29, 0.717) is 10.8 Å². The van der Waals surface area contributed by atoms with Gasteiger partial charge in [0.05, 0.1) is 12.1 Å². The van der Waals surface area contributed by atoms with Gasteiger partial charge in [-0.05, 0) is 23.1 Å². The minimum absolute atomic E-state index is 0.0343. The summed E-state index contributed by atoms with van der Waals surface area (Å²) in [6, 6.07) is 3.50. The highest BCUT2D eigenvalue weighted by Crippen LogP contribution is 2.38. The van der Waals surface area contributed by atoms with Crippen molar-refractivity contribution in [1.29, 1.82) is 0 Å². The van der Waals surface area contributed by atoms with Crippen molar-refractivity contribution in [3.63, 3.8) is 0 Å². The molecule has 1 rings (SSSR count). The van der Waals surface area contributed by atoms with E-state index < -0.39 is 0 Å². The Morgan fingerprint density at radius 2 is 1.86 bits per heavy atom. The Bertz CT molecular complexity index is 317. The molecule has 0 aliphatic heterocycles. The van der Waals surface area contributed by atoms with Gasteiger partial charge in [0.15, 0.2) is 11.5 Å². The first-order valence-corrected chi connectivity index (χ1v) is 4.81. The van der Waals surface area contributed by atoms with Gasteiger partial charge in [-0.15, -0.1) is 0 Å². The standard InChI is InChI=1S/C11H15ClO2/c1-11(2,3)7-5-8(12)10(14-4)9(13)6-7/h5-6,13H,1-4H3. The van der Waals surface area contributed by atoms with Crippen molar-refractivity contribution >= 4 is 11.6 Å². The molecule has 14 heavy (non-hydrogen) atoms. The van der Waals surface area contributed by atoms with E-state index in [1.807, 2.05) is 6.07 Å². The summed E-state index contributed by atoms with van der Waals surface area (Å²) >= 11 is 5.96. The fraction of sp³-hybridized carbons (Fsp3) is 0.455. The van der Waals surface area contributed by atoms with Crippen molar-refractivity contribution in [3.05, 3.63) is 22.7 Å². The SMILES string of the molecule is COc1c(O)cc(C(C)(C)C)cc1Cl. The van der Waals surface area contributed by atoms with Gasteiger partial charge in [-0.3, -0.25) is 0 Å². The molecule has 0 aliphatic rings. The van der Waals surface area contributed by atoms with Gasteiger partial charge in [0.2, 0.25) is 0 Å². The summed E-state index contributed by atoms with van der Waals surface area (Å²) in [6.45, 7) is 6.18. The van der Waals surface area contributed by atoms with Crippen LogP contribution < -0.4 is 4.74 Å². The fourth-order valence-corrected chi connectivity index (χ4v) is 1.51. The molecule has 1 N–H and O–H groups in total. The third-order valence-electron chi connectivity index (χ3n) is 2.09. The van der Waals surface area contributed by atoms with Gasteiger partial charge in [0, 0.05) is 0 Å². The Morgan fingerprint density at radius 3 is 2.21 bits per heavy atom. The van der Waals surface area contributed by atoms with Crippen LogP contribution in [0.1, 0.15) is 26.3 Å². The molecule has 0 saturated carbocycles. The maximum atomic E-state index is 9.63. The van der Waals surface area contributed by atoms with Crippen LogP contribution in [-0.4, -0.2) is 12.2 Å². The van der Waals surface area contributed by atoms with E-state index in [2.05, 4.69) is 20.8 Å². The lowest BCUT2D eigenvalue weighted by molar-refractivity contribution is 0.372. The summed E-state index contributed by atoms with van der Waals surface area (Å²) < 4.78 is 4.96. The minimum atomic E-state index is -0.0343. The molecule has 0 saturated heterocycles. The van der Waals surface area contributed by atoms with Crippen LogP contribution in [0.15, 0.2) is 12.1 Å². The lowest BCUT2D eigenvalue weighted by Crippen LogP contribution is -2.10. The molecule has 0 amide bonds. The molecule has 1 aromatic carbocycles. The molecule has 0 heterocycles. The van der Waals surface area contributed by atoms with Gasteiger partial charge in [-0.2, -0.15) is 0 Å². The molecule has 0 bridgehead atoms. The van der Waals surface area contributed by atoms with Crippen molar-refractivity contribution in [2.24, 2.45) is 0 Å². The molecular weight excluding hydrogens is 200 g/mol. The van der Waals surface area contributed by atoms with Crippen LogP contribution >= 0.6 is 11.6 Å². The van der Waals surface area contributed by atoms with Crippen LogP contribution in [0.4, 0.5) is 0 Å². The highest BCUT2D eigenvalue weighted by molar-refractivity contribution is 6.32. The number of ether oxygens (including phenoxy) is 1. The molecule has 0 aromatic heterocycles. The molecule has 2 nitrogen and oxygen atoms in total. The van der Waals surface area contributed by atoms with E-state index in [-0.39, 0.29) is 11.2 Å². The van der Waals surface area contributed by atoms with E-state index >= 15 is 0 Å². The molecule has 3 heteroatoms. The number of rotatable bonds is 1. The Balaban J connectivity index is 3.28. The van der Waals surface area contributed by atoms with E-state index in [1.165, 1.54) is 7.11 Å². The number of hydrogen-bond donors (Lipinski definition) is 1. The molecule has 0 fully saturated rings. The van der Waals surface area contributed by atoms with Crippen molar-refractivity contribution < 1.29 is 9.84 Å². The second-order valence-corrected chi connectivity index (χ2v) is 4.67. The van der Waals surface area contributed by atoms with Gasteiger partial charge < -0.3 is 9.84 Å². The molecule has 1 aromatic rings. The average molecular weight is 215 g/mol. The first-order valence-electron chi connectivity index (χ1n) is 4.43. The highest BCUT2D eigenvalue weighted by Gasteiger charge is 2.18. The zero-order chi connectivity index (χ0) is 10.9. The van der Waals surface area contributed by atoms with Gasteiger partial charge in [-0.25, -0.2) is 0 Å². The van der Waals surface area contributed by atoms with Crippen molar-refractivity contribution in [3.8, 4) is 11.5 Å². The summed E-state index contributed by atoms with van der Waals surface area (Å²) in [4.78, 5) is 0. The van der Waals surface area contributed by atoms with E-state index in [0.717, 1.165) is 5.56 Å². The van der Waals surface area contributed by atoms with E-state index in [4.69, 9.17) is 16.3 Å².